The van der Waals surface area contributed by atoms with E-state index in [-0.39, 0.29) is 11.4 Å². The number of benzene rings is 1. The number of rotatable bonds is 5. The van der Waals surface area contributed by atoms with Crippen LogP contribution in [0.5, 0.6) is 0 Å². The van der Waals surface area contributed by atoms with Crippen LogP contribution in [-0.2, 0) is 12.2 Å². The first-order valence-corrected chi connectivity index (χ1v) is 7.14. The first-order chi connectivity index (χ1) is 9.19. The molecule has 1 aromatic carbocycles. The lowest BCUT2D eigenvalue weighted by molar-refractivity contribution is 0.602. The summed E-state index contributed by atoms with van der Waals surface area (Å²) < 4.78 is 13.5. The third-order valence-electron chi connectivity index (χ3n) is 2.55. The van der Waals surface area contributed by atoms with Gasteiger partial charge < -0.3 is 4.98 Å². The molecule has 5 heteroatoms. The largest absolute Gasteiger partial charge is 0.310 e. The van der Waals surface area contributed by atoms with Crippen LogP contribution in [0.1, 0.15) is 24.9 Å². The van der Waals surface area contributed by atoms with Crippen molar-refractivity contribution < 1.29 is 4.39 Å². The van der Waals surface area contributed by atoms with Gasteiger partial charge in [-0.2, -0.15) is 0 Å². The molecule has 0 saturated carbocycles. The highest BCUT2D eigenvalue weighted by atomic mass is 32.2. The highest BCUT2D eigenvalue weighted by molar-refractivity contribution is 7.98. The Morgan fingerprint density at radius 1 is 1.37 bits per heavy atom. The Bertz CT molecular complexity index is 612. The Morgan fingerprint density at radius 3 is 2.89 bits per heavy atom. The predicted molar refractivity (Wildman–Crippen MR) is 74.8 cm³/mol. The zero-order valence-corrected chi connectivity index (χ0v) is 11.5. The Balaban J connectivity index is 2.11. The lowest BCUT2D eigenvalue weighted by Crippen LogP contribution is -2.12. The quantitative estimate of drug-likeness (QED) is 0.855. The molecule has 19 heavy (non-hydrogen) atoms. The molecule has 2 aromatic rings. The number of H-pyrrole nitrogens is 1. The van der Waals surface area contributed by atoms with Crippen molar-refractivity contribution in [3.8, 4) is 0 Å². The Labute approximate surface area is 115 Å². The molecule has 0 amide bonds. The number of aromatic nitrogens is 2. The van der Waals surface area contributed by atoms with Crippen molar-refractivity contribution in [2.45, 2.75) is 30.4 Å². The molecule has 0 unspecified atom stereocenters. The molecule has 2 rings (SSSR count). The van der Waals surface area contributed by atoms with E-state index in [2.05, 4.69) is 9.97 Å². The van der Waals surface area contributed by atoms with Gasteiger partial charge in [0.2, 0.25) is 0 Å². The van der Waals surface area contributed by atoms with Crippen LogP contribution in [0.3, 0.4) is 0 Å². The summed E-state index contributed by atoms with van der Waals surface area (Å²) >= 11 is 1.33. The predicted octanol–water partition coefficient (Wildman–Crippen LogP) is 3.15. The van der Waals surface area contributed by atoms with Crippen molar-refractivity contribution in [1.29, 1.82) is 0 Å². The van der Waals surface area contributed by atoms with E-state index in [4.69, 9.17) is 0 Å². The maximum Gasteiger partial charge on any atom is 0.251 e. The van der Waals surface area contributed by atoms with E-state index in [1.165, 1.54) is 23.9 Å². The van der Waals surface area contributed by atoms with Gasteiger partial charge in [0, 0.05) is 16.7 Å². The summed E-state index contributed by atoms with van der Waals surface area (Å²) in [6, 6.07) is 8.09. The van der Waals surface area contributed by atoms with Gasteiger partial charge in [-0.3, -0.25) is 4.79 Å². The van der Waals surface area contributed by atoms with Crippen LogP contribution in [0, 0.1) is 5.82 Å². The molecule has 0 aliphatic heterocycles. The van der Waals surface area contributed by atoms with Crippen molar-refractivity contribution in [2.24, 2.45) is 0 Å². The van der Waals surface area contributed by atoms with Gasteiger partial charge in [-0.25, -0.2) is 9.37 Å². The summed E-state index contributed by atoms with van der Waals surface area (Å²) in [5.74, 6) is 0.789. The fraction of sp³-hybridized carbons (Fsp3) is 0.286. The van der Waals surface area contributed by atoms with Crippen LogP contribution >= 0.6 is 11.8 Å². The molecule has 0 spiro atoms. The molecule has 0 bridgehead atoms. The van der Waals surface area contributed by atoms with E-state index in [0.717, 1.165) is 18.5 Å². The highest BCUT2D eigenvalue weighted by Crippen LogP contribution is 2.23. The fourth-order valence-electron chi connectivity index (χ4n) is 1.72. The first kappa shape index (κ1) is 13.8. The van der Waals surface area contributed by atoms with E-state index in [0.29, 0.717) is 16.5 Å². The average molecular weight is 278 g/mol. The van der Waals surface area contributed by atoms with Gasteiger partial charge in [-0.05, 0) is 18.6 Å². The van der Waals surface area contributed by atoms with Crippen LogP contribution in [0.25, 0.3) is 0 Å². The highest BCUT2D eigenvalue weighted by Gasteiger charge is 2.05. The van der Waals surface area contributed by atoms with E-state index in [9.17, 15) is 9.18 Å². The lowest BCUT2D eigenvalue weighted by atomic mass is 10.2. The van der Waals surface area contributed by atoms with Gasteiger partial charge in [-0.15, -0.1) is 11.8 Å². The van der Waals surface area contributed by atoms with Crippen LogP contribution in [-0.4, -0.2) is 9.97 Å². The summed E-state index contributed by atoms with van der Waals surface area (Å²) in [6.07, 6.45) is 1.72. The molecule has 3 nitrogen and oxygen atoms in total. The third kappa shape index (κ3) is 3.92. The normalized spacial score (nSPS) is 10.6. The minimum atomic E-state index is -0.250. The molecular formula is C14H15FN2OS. The topological polar surface area (TPSA) is 45.8 Å². The number of aromatic amines is 1. The van der Waals surface area contributed by atoms with Crippen LogP contribution in [0.15, 0.2) is 40.0 Å². The van der Waals surface area contributed by atoms with Gasteiger partial charge in [-0.1, -0.05) is 25.5 Å². The molecule has 0 fully saturated rings. The minimum absolute atomic E-state index is 0.150. The maximum absolute atomic E-state index is 13.5. The smallest absolute Gasteiger partial charge is 0.251 e. The van der Waals surface area contributed by atoms with Crippen LogP contribution in [0.2, 0.25) is 0 Å². The summed E-state index contributed by atoms with van der Waals surface area (Å²) in [7, 11) is 0. The van der Waals surface area contributed by atoms with Crippen LogP contribution < -0.4 is 5.56 Å². The molecule has 0 saturated heterocycles. The van der Waals surface area contributed by atoms with Crippen molar-refractivity contribution in [3.63, 3.8) is 0 Å². The third-order valence-corrected chi connectivity index (χ3v) is 3.61. The molecule has 1 aromatic heterocycles. The molecule has 0 aliphatic carbocycles. The van der Waals surface area contributed by atoms with Crippen molar-refractivity contribution >= 4 is 11.8 Å². The standard InChI is InChI=1S/C14H15FN2OS/c1-2-5-10-8-14(18)17-13(16-10)9-19-12-7-4-3-6-11(12)15/h3-4,6-8H,2,5,9H2,1H3,(H,16,17,18). The number of hydrogen-bond acceptors (Lipinski definition) is 3. The van der Waals surface area contributed by atoms with Gasteiger partial charge in [0.05, 0.1) is 5.75 Å². The van der Waals surface area contributed by atoms with Crippen molar-refractivity contribution in [1.82, 2.24) is 9.97 Å². The molecule has 1 heterocycles. The summed E-state index contributed by atoms with van der Waals surface area (Å²) in [4.78, 5) is 19.1. The van der Waals surface area contributed by atoms with Gasteiger partial charge in [0.25, 0.3) is 5.56 Å². The van der Waals surface area contributed by atoms with Crippen LogP contribution in [0.4, 0.5) is 4.39 Å². The molecule has 100 valence electrons. The molecule has 1 N–H and O–H groups in total. The number of nitrogens with one attached hydrogen (secondary N) is 1. The first-order valence-electron chi connectivity index (χ1n) is 6.15. The average Bonchev–Trinajstić information content (AvgIpc) is 2.37. The van der Waals surface area contributed by atoms with E-state index in [1.807, 2.05) is 6.92 Å². The maximum atomic E-state index is 13.5. The number of nitrogens with zero attached hydrogens (tertiary/aromatic N) is 1. The summed E-state index contributed by atoms with van der Waals surface area (Å²) in [5, 5.41) is 0. The lowest BCUT2D eigenvalue weighted by Gasteiger charge is -2.04. The number of aryl methyl sites for hydroxylation is 1. The van der Waals surface area contributed by atoms with Gasteiger partial charge in [0.15, 0.2) is 0 Å². The van der Waals surface area contributed by atoms with E-state index >= 15 is 0 Å². The Morgan fingerprint density at radius 2 is 2.16 bits per heavy atom. The van der Waals surface area contributed by atoms with Crippen molar-refractivity contribution in [3.05, 3.63) is 58.0 Å². The second-order valence-electron chi connectivity index (χ2n) is 4.15. The van der Waals surface area contributed by atoms with E-state index in [1.54, 1.807) is 18.2 Å². The molecular weight excluding hydrogens is 263 g/mol. The zero-order valence-electron chi connectivity index (χ0n) is 10.6. The molecule has 0 radical (unpaired) electrons. The molecule has 0 atom stereocenters. The summed E-state index contributed by atoms with van der Waals surface area (Å²) in [5.41, 5.74) is 0.637. The zero-order chi connectivity index (χ0) is 13.7. The minimum Gasteiger partial charge on any atom is -0.310 e. The second-order valence-corrected chi connectivity index (χ2v) is 5.17. The number of hydrogen-bond donors (Lipinski definition) is 1. The number of thioether (sulfide) groups is 1. The monoisotopic (exact) mass is 278 g/mol. The fourth-order valence-corrected chi connectivity index (χ4v) is 2.53. The van der Waals surface area contributed by atoms with Gasteiger partial charge >= 0.3 is 0 Å². The Hall–Kier alpha value is -1.62. The number of halogens is 1. The summed E-state index contributed by atoms with van der Waals surface area (Å²) in [6.45, 7) is 2.04. The molecule has 0 aliphatic rings. The Kier molecular flexibility index (Phi) is 4.74. The second kappa shape index (κ2) is 6.52. The van der Waals surface area contributed by atoms with Crippen molar-refractivity contribution in [2.75, 3.05) is 0 Å². The SMILES string of the molecule is CCCc1cc(=O)[nH]c(CSc2ccccc2F)n1. The van der Waals surface area contributed by atoms with E-state index < -0.39 is 0 Å². The van der Waals surface area contributed by atoms with Gasteiger partial charge in [0.1, 0.15) is 11.6 Å².